The van der Waals surface area contributed by atoms with Crippen LogP contribution in [-0.4, -0.2) is 35.0 Å². The summed E-state index contributed by atoms with van der Waals surface area (Å²) in [5.74, 6) is -2.24. The Kier molecular flexibility index (Phi) is 3.75. The first-order valence-corrected chi connectivity index (χ1v) is 7.19. The first-order chi connectivity index (χ1) is 10.1. The van der Waals surface area contributed by atoms with Crippen molar-refractivity contribution in [3.05, 3.63) is 33.9 Å². The van der Waals surface area contributed by atoms with Crippen LogP contribution < -0.4 is 5.32 Å². The zero-order valence-electron chi connectivity index (χ0n) is 11.5. The van der Waals surface area contributed by atoms with Gasteiger partial charge in [-0.05, 0) is 38.3 Å². The van der Waals surface area contributed by atoms with Crippen LogP contribution in [0.2, 0.25) is 0 Å². The molecule has 0 bridgehead atoms. The van der Waals surface area contributed by atoms with E-state index in [1.165, 1.54) is 0 Å². The molecule has 2 saturated heterocycles. The summed E-state index contributed by atoms with van der Waals surface area (Å²) >= 11 is 0. The molecule has 2 aliphatic heterocycles. The Morgan fingerprint density at radius 3 is 2.86 bits per heavy atom. The zero-order valence-corrected chi connectivity index (χ0v) is 11.5. The van der Waals surface area contributed by atoms with E-state index in [0.29, 0.717) is 6.04 Å². The van der Waals surface area contributed by atoms with Crippen molar-refractivity contribution >= 4 is 11.4 Å². The Bertz CT molecular complexity index is 567. The van der Waals surface area contributed by atoms with Gasteiger partial charge in [0.05, 0.1) is 4.92 Å². The van der Waals surface area contributed by atoms with Gasteiger partial charge in [0, 0.05) is 24.7 Å². The highest BCUT2D eigenvalue weighted by Crippen LogP contribution is 2.33. The molecule has 2 aliphatic rings. The highest BCUT2D eigenvalue weighted by Gasteiger charge is 2.33. The smallest absolute Gasteiger partial charge is 0.295 e. The first-order valence-electron chi connectivity index (χ1n) is 7.19. The normalized spacial score (nSPS) is 25.6. The molecule has 1 aromatic rings. The quantitative estimate of drug-likeness (QED) is 0.688. The molecule has 1 aromatic carbocycles. The summed E-state index contributed by atoms with van der Waals surface area (Å²) in [6, 6.07) is 2.19. The van der Waals surface area contributed by atoms with Gasteiger partial charge in [-0.1, -0.05) is 0 Å². The van der Waals surface area contributed by atoms with E-state index in [1.54, 1.807) is 0 Å². The first kappa shape index (κ1) is 14.2. The maximum absolute atomic E-state index is 13.9. The number of nitrogens with zero attached hydrogens (tertiary/aromatic N) is 2. The standard InChI is InChI=1S/C14H17F2N3O2/c15-11-3-4-12(19(20)21)14(13(11)16)17-9-5-7-18-6-1-2-10(18)8-9/h3-4,9-10,17H,1-2,5-8H2. The summed E-state index contributed by atoms with van der Waals surface area (Å²) in [6.07, 6.45) is 3.86. The molecular weight excluding hydrogens is 280 g/mol. The van der Waals surface area contributed by atoms with Crippen molar-refractivity contribution in [2.45, 2.75) is 37.8 Å². The second-order valence-corrected chi connectivity index (χ2v) is 5.71. The molecule has 2 heterocycles. The lowest BCUT2D eigenvalue weighted by atomic mass is 9.97. The third-order valence-corrected chi connectivity index (χ3v) is 4.44. The number of nitro groups is 1. The maximum atomic E-state index is 13.9. The summed E-state index contributed by atoms with van der Waals surface area (Å²) in [7, 11) is 0. The molecule has 2 unspecified atom stereocenters. The molecule has 1 N–H and O–H groups in total. The van der Waals surface area contributed by atoms with Gasteiger partial charge in [0.2, 0.25) is 0 Å². The van der Waals surface area contributed by atoms with Crippen LogP contribution in [0.5, 0.6) is 0 Å². The highest BCUT2D eigenvalue weighted by atomic mass is 19.2. The fourth-order valence-electron chi connectivity index (χ4n) is 3.39. The van der Waals surface area contributed by atoms with E-state index >= 15 is 0 Å². The zero-order chi connectivity index (χ0) is 15.0. The number of rotatable bonds is 3. The molecule has 7 heteroatoms. The Hall–Kier alpha value is -1.76. The summed E-state index contributed by atoms with van der Waals surface area (Å²) in [5, 5.41) is 13.8. The predicted molar refractivity (Wildman–Crippen MR) is 74.3 cm³/mol. The minimum absolute atomic E-state index is 0.0562. The van der Waals surface area contributed by atoms with Gasteiger partial charge in [0.1, 0.15) is 0 Å². The number of nitro benzene ring substituents is 1. The van der Waals surface area contributed by atoms with Gasteiger partial charge in [-0.2, -0.15) is 0 Å². The van der Waals surface area contributed by atoms with Gasteiger partial charge in [-0.3, -0.25) is 10.1 Å². The monoisotopic (exact) mass is 297 g/mol. The molecule has 0 saturated carbocycles. The van der Waals surface area contributed by atoms with E-state index in [2.05, 4.69) is 10.2 Å². The molecule has 2 atom stereocenters. The number of hydrogen-bond acceptors (Lipinski definition) is 4. The van der Waals surface area contributed by atoms with Crippen molar-refractivity contribution in [1.82, 2.24) is 4.90 Å². The Morgan fingerprint density at radius 2 is 2.10 bits per heavy atom. The van der Waals surface area contributed by atoms with Crippen molar-refractivity contribution < 1.29 is 13.7 Å². The molecule has 2 fully saturated rings. The summed E-state index contributed by atoms with van der Waals surface area (Å²) in [5.41, 5.74) is -0.737. The largest absolute Gasteiger partial charge is 0.374 e. The molecule has 3 rings (SSSR count). The second-order valence-electron chi connectivity index (χ2n) is 5.71. The fraction of sp³-hybridized carbons (Fsp3) is 0.571. The van der Waals surface area contributed by atoms with Crippen molar-refractivity contribution in [2.24, 2.45) is 0 Å². The van der Waals surface area contributed by atoms with Gasteiger partial charge in [-0.15, -0.1) is 0 Å². The van der Waals surface area contributed by atoms with Crippen molar-refractivity contribution in [3.8, 4) is 0 Å². The molecule has 21 heavy (non-hydrogen) atoms. The molecule has 0 amide bonds. The minimum Gasteiger partial charge on any atom is -0.374 e. The second kappa shape index (κ2) is 5.55. The van der Waals surface area contributed by atoms with Crippen LogP contribution in [0, 0.1) is 21.7 Å². The predicted octanol–water partition coefficient (Wildman–Crippen LogP) is 2.91. The number of fused-ring (bicyclic) bond motifs is 1. The minimum atomic E-state index is -1.17. The summed E-state index contributed by atoms with van der Waals surface area (Å²) in [4.78, 5) is 12.7. The molecule has 114 valence electrons. The summed E-state index contributed by atoms with van der Waals surface area (Å²) in [6.45, 7) is 1.99. The van der Waals surface area contributed by atoms with Crippen LogP contribution in [0.3, 0.4) is 0 Å². The van der Waals surface area contributed by atoms with Gasteiger partial charge >= 0.3 is 0 Å². The summed E-state index contributed by atoms with van der Waals surface area (Å²) < 4.78 is 27.2. The van der Waals surface area contributed by atoms with Gasteiger partial charge in [0.25, 0.3) is 5.69 Å². The third kappa shape index (κ3) is 2.70. The lowest BCUT2D eigenvalue weighted by molar-refractivity contribution is -0.384. The van der Waals surface area contributed by atoms with E-state index in [0.717, 1.165) is 50.9 Å². The molecule has 0 aromatic heterocycles. The molecular formula is C14H17F2N3O2. The Morgan fingerprint density at radius 1 is 1.29 bits per heavy atom. The van der Waals surface area contributed by atoms with Crippen LogP contribution >= 0.6 is 0 Å². The number of halogens is 2. The number of hydrogen-bond donors (Lipinski definition) is 1. The topological polar surface area (TPSA) is 58.4 Å². The molecule has 5 nitrogen and oxygen atoms in total. The number of anilines is 1. The van der Waals surface area contributed by atoms with Crippen LogP contribution in [-0.2, 0) is 0 Å². The number of nitrogens with one attached hydrogen (secondary N) is 1. The lowest BCUT2D eigenvalue weighted by Crippen LogP contribution is -2.42. The van der Waals surface area contributed by atoms with E-state index < -0.39 is 22.2 Å². The van der Waals surface area contributed by atoms with E-state index in [9.17, 15) is 18.9 Å². The van der Waals surface area contributed by atoms with Crippen molar-refractivity contribution in [3.63, 3.8) is 0 Å². The van der Waals surface area contributed by atoms with Gasteiger partial charge < -0.3 is 10.2 Å². The highest BCUT2D eigenvalue weighted by molar-refractivity contribution is 5.63. The van der Waals surface area contributed by atoms with Crippen LogP contribution in [0.4, 0.5) is 20.2 Å². The van der Waals surface area contributed by atoms with Gasteiger partial charge in [0.15, 0.2) is 17.3 Å². The van der Waals surface area contributed by atoms with Crippen LogP contribution in [0.25, 0.3) is 0 Å². The average Bonchev–Trinajstić information content (AvgIpc) is 2.91. The van der Waals surface area contributed by atoms with Crippen molar-refractivity contribution in [2.75, 3.05) is 18.4 Å². The Balaban J connectivity index is 1.81. The van der Waals surface area contributed by atoms with E-state index in [4.69, 9.17) is 0 Å². The molecule has 0 aliphatic carbocycles. The van der Waals surface area contributed by atoms with Gasteiger partial charge in [-0.25, -0.2) is 8.78 Å². The number of piperidine rings is 1. The van der Waals surface area contributed by atoms with Crippen LogP contribution in [0.1, 0.15) is 25.7 Å². The van der Waals surface area contributed by atoms with Crippen LogP contribution in [0.15, 0.2) is 12.1 Å². The Labute approximate surface area is 121 Å². The van der Waals surface area contributed by atoms with E-state index in [1.807, 2.05) is 0 Å². The lowest BCUT2D eigenvalue weighted by Gasteiger charge is -2.35. The van der Waals surface area contributed by atoms with E-state index in [-0.39, 0.29) is 11.7 Å². The molecule has 0 spiro atoms. The van der Waals surface area contributed by atoms with Crippen molar-refractivity contribution in [1.29, 1.82) is 0 Å². The number of benzene rings is 1. The fourth-order valence-corrected chi connectivity index (χ4v) is 3.39. The third-order valence-electron chi connectivity index (χ3n) is 4.44. The maximum Gasteiger partial charge on any atom is 0.295 e. The average molecular weight is 297 g/mol. The SMILES string of the molecule is O=[N+]([O-])c1ccc(F)c(F)c1NC1CCN2CCCC2C1. The molecule has 0 radical (unpaired) electrons.